The molecule has 1 aliphatic carbocycles. The number of hydrogen-bond donors (Lipinski definition) is 3. The van der Waals surface area contributed by atoms with E-state index in [1.54, 1.807) is 12.1 Å². The van der Waals surface area contributed by atoms with Crippen molar-refractivity contribution in [3.05, 3.63) is 125 Å². The van der Waals surface area contributed by atoms with E-state index in [2.05, 4.69) is 119 Å². The average molecular weight is 720 g/mol. The van der Waals surface area contributed by atoms with Gasteiger partial charge in [-0.25, -0.2) is 4.98 Å². The summed E-state index contributed by atoms with van der Waals surface area (Å²) in [7, 11) is -4.15. The van der Waals surface area contributed by atoms with Crippen molar-refractivity contribution < 1.29 is 17.8 Å². The van der Waals surface area contributed by atoms with Crippen molar-refractivity contribution in [2.75, 3.05) is 12.3 Å². The number of hydrogen-bond acceptors (Lipinski definition) is 4. The Morgan fingerprint density at radius 1 is 0.846 bits per heavy atom. The molecule has 4 aromatic carbocycles. The summed E-state index contributed by atoms with van der Waals surface area (Å²) in [6, 6.07) is 31.7. The van der Waals surface area contributed by atoms with Crippen LogP contribution in [0.3, 0.4) is 0 Å². The van der Waals surface area contributed by atoms with Gasteiger partial charge >= 0.3 is 0 Å². The van der Waals surface area contributed by atoms with Crippen molar-refractivity contribution in [1.29, 1.82) is 0 Å². The van der Waals surface area contributed by atoms with Gasteiger partial charge in [0.25, 0.3) is 16.0 Å². The third-order valence-electron chi connectivity index (χ3n) is 11.0. The van der Waals surface area contributed by atoms with E-state index < -0.39 is 21.8 Å². The highest BCUT2D eigenvalue weighted by Gasteiger charge is 2.30. The molecule has 0 radical (unpaired) electrons. The van der Waals surface area contributed by atoms with Crippen LogP contribution in [0.5, 0.6) is 0 Å². The number of imidazole rings is 1. The first-order chi connectivity index (χ1) is 24.5. The van der Waals surface area contributed by atoms with Gasteiger partial charge in [0.1, 0.15) is 5.82 Å². The van der Waals surface area contributed by atoms with E-state index in [1.165, 1.54) is 42.4 Å². The second-order valence-corrected chi connectivity index (χ2v) is 18.3. The molecule has 8 heteroatoms. The number of benzene rings is 4. The lowest BCUT2D eigenvalue weighted by Crippen LogP contribution is -2.28. The van der Waals surface area contributed by atoms with Crippen LogP contribution < -0.4 is 5.32 Å². The molecular formula is C44H53N3O4S. The smallest absolute Gasteiger partial charge is 0.266 e. The molecule has 7 nitrogen and oxygen atoms in total. The quantitative estimate of drug-likeness (QED) is 0.124. The number of carbonyl (C=O) groups excluding carboxylic acids is 1. The van der Waals surface area contributed by atoms with Gasteiger partial charge in [-0.15, -0.1) is 0 Å². The van der Waals surface area contributed by atoms with Crippen LogP contribution in [0.25, 0.3) is 22.2 Å². The lowest BCUT2D eigenvalue weighted by Gasteiger charge is -2.37. The Bertz CT molecular complexity index is 2100. The van der Waals surface area contributed by atoms with Crippen LogP contribution in [0, 0.1) is 11.3 Å². The van der Waals surface area contributed by atoms with Gasteiger partial charge in [0.2, 0.25) is 0 Å². The second kappa shape index (κ2) is 15.0. The summed E-state index contributed by atoms with van der Waals surface area (Å²) in [5.41, 5.74) is 10.1. The Kier molecular flexibility index (Phi) is 10.8. The van der Waals surface area contributed by atoms with Gasteiger partial charge in [0.05, 0.1) is 16.8 Å². The highest BCUT2D eigenvalue weighted by atomic mass is 32.2. The summed E-state index contributed by atoms with van der Waals surface area (Å²) < 4.78 is 31.1. The fourth-order valence-corrected chi connectivity index (χ4v) is 7.98. The number of H-pyrrole nitrogens is 1. The molecule has 0 saturated heterocycles. The SMILES string of the molecule is CC(C)(C)c1ccc(-c2ccc(C(Cc3ccc(C(=O)NCCS(=O)(=O)O)cc3)c3nc4cc([C@H]5CC[C@H](C(C)(C)C)CC5)ccc4[nH]3)cc2)cc1. The van der Waals surface area contributed by atoms with Crippen LogP contribution in [0.4, 0.5) is 0 Å². The molecule has 1 unspecified atom stereocenters. The molecule has 5 aromatic rings. The molecule has 1 atom stereocenters. The summed E-state index contributed by atoms with van der Waals surface area (Å²) in [6.45, 7) is 13.6. The summed E-state index contributed by atoms with van der Waals surface area (Å²) in [5.74, 6) is 1.25. The largest absolute Gasteiger partial charge is 0.351 e. The zero-order valence-electron chi connectivity index (χ0n) is 31.4. The predicted molar refractivity (Wildman–Crippen MR) is 212 cm³/mol. The van der Waals surface area contributed by atoms with Gasteiger partial charge < -0.3 is 10.3 Å². The molecule has 0 aliphatic heterocycles. The number of aromatic amines is 1. The normalized spacial score (nSPS) is 17.6. The number of aromatic nitrogens is 2. The lowest BCUT2D eigenvalue weighted by molar-refractivity contribution is 0.0956. The van der Waals surface area contributed by atoms with E-state index in [4.69, 9.17) is 9.54 Å². The van der Waals surface area contributed by atoms with E-state index in [-0.39, 0.29) is 17.9 Å². The molecule has 1 amide bonds. The van der Waals surface area contributed by atoms with Gasteiger partial charge in [0.15, 0.2) is 0 Å². The van der Waals surface area contributed by atoms with E-state index in [0.717, 1.165) is 39.5 Å². The molecule has 52 heavy (non-hydrogen) atoms. The molecule has 1 heterocycles. The molecule has 6 rings (SSSR count). The van der Waals surface area contributed by atoms with Gasteiger partial charge in [-0.3, -0.25) is 9.35 Å². The zero-order valence-corrected chi connectivity index (χ0v) is 32.2. The maximum atomic E-state index is 12.6. The molecule has 1 aliphatic rings. The monoisotopic (exact) mass is 719 g/mol. The van der Waals surface area contributed by atoms with E-state index in [9.17, 15) is 13.2 Å². The summed E-state index contributed by atoms with van der Waals surface area (Å²) in [5, 5.41) is 2.55. The van der Waals surface area contributed by atoms with Gasteiger partial charge in [-0.2, -0.15) is 8.42 Å². The van der Waals surface area contributed by atoms with Crippen molar-refractivity contribution in [2.24, 2.45) is 11.3 Å². The minimum Gasteiger partial charge on any atom is -0.351 e. The fourth-order valence-electron chi connectivity index (χ4n) is 7.62. The number of rotatable bonds is 10. The lowest BCUT2D eigenvalue weighted by atomic mass is 9.69. The van der Waals surface area contributed by atoms with E-state index in [1.807, 2.05) is 12.1 Å². The van der Waals surface area contributed by atoms with Crippen molar-refractivity contribution in [2.45, 2.75) is 90.9 Å². The zero-order chi connectivity index (χ0) is 37.3. The van der Waals surface area contributed by atoms with Crippen molar-refractivity contribution in [3.8, 4) is 11.1 Å². The standard InChI is InChI=1S/C44H53N3O4S/c1-43(2,3)36-20-15-31(16-21-36)30-11-13-33(14-12-30)38(27-29-7-9-34(10-8-29)42(48)45-25-26-52(49,50)51)41-46-39-24-19-35(28-40(39)47-41)32-17-22-37(23-18-32)44(4,5)6/h7-16,19-21,24,28,32,37-38H,17-18,22-23,25-27H2,1-6H3,(H,45,48)(H,46,47)(H,49,50,51)/t32-,37-,38?. The Morgan fingerprint density at radius 3 is 2.04 bits per heavy atom. The highest BCUT2D eigenvalue weighted by molar-refractivity contribution is 7.85. The van der Waals surface area contributed by atoms with Crippen LogP contribution in [0.2, 0.25) is 0 Å². The highest BCUT2D eigenvalue weighted by Crippen LogP contribution is 2.43. The molecule has 274 valence electrons. The number of nitrogens with one attached hydrogen (secondary N) is 2. The third kappa shape index (κ3) is 9.20. The minimum atomic E-state index is -4.15. The Morgan fingerprint density at radius 2 is 1.46 bits per heavy atom. The Balaban J connectivity index is 1.26. The number of fused-ring (bicyclic) bond motifs is 1. The second-order valence-electron chi connectivity index (χ2n) is 16.8. The van der Waals surface area contributed by atoms with Crippen LogP contribution in [-0.4, -0.2) is 41.1 Å². The molecule has 1 fully saturated rings. The number of carbonyl (C=O) groups is 1. The first kappa shape index (κ1) is 37.5. The van der Waals surface area contributed by atoms with Crippen molar-refractivity contribution >= 4 is 27.1 Å². The van der Waals surface area contributed by atoms with Gasteiger partial charge in [-0.1, -0.05) is 108 Å². The fraction of sp³-hybridized carbons (Fsp3) is 0.409. The van der Waals surface area contributed by atoms with Gasteiger partial charge in [-0.05, 0) is 112 Å². The minimum absolute atomic E-state index is 0.0650. The Hall–Kier alpha value is -4.27. The number of amides is 1. The molecule has 1 aromatic heterocycles. The predicted octanol–water partition coefficient (Wildman–Crippen LogP) is 9.84. The van der Waals surface area contributed by atoms with Crippen LogP contribution in [0.1, 0.15) is 117 Å². The van der Waals surface area contributed by atoms with Crippen LogP contribution in [-0.2, 0) is 22.0 Å². The maximum Gasteiger partial charge on any atom is 0.266 e. The summed E-state index contributed by atoms with van der Waals surface area (Å²) in [6.07, 6.45) is 5.62. The maximum absolute atomic E-state index is 12.6. The first-order valence-corrected chi connectivity index (χ1v) is 20.2. The molecular weight excluding hydrogens is 667 g/mol. The average Bonchev–Trinajstić information content (AvgIpc) is 3.53. The topological polar surface area (TPSA) is 112 Å². The van der Waals surface area contributed by atoms with Crippen LogP contribution in [0.15, 0.2) is 91.0 Å². The number of nitrogens with zero attached hydrogens (tertiary/aromatic N) is 1. The molecule has 1 saturated carbocycles. The first-order valence-electron chi connectivity index (χ1n) is 18.6. The van der Waals surface area contributed by atoms with Gasteiger partial charge in [0, 0.05) is 18.0 Å². The van der Waals surface area contributed by atoms with Crippen molar-refractivity contribution in [3.63, 3.8) is 0 Å². The summed E-state index contributed by atoms with van der Waals surface area (Å²) in [4.78, 5) is 21.5. The summed E-state index contributed by atoms with van der Waals surface area (Å²) >= 11 is 0. The van der Waals surface area contributed by atoms with Crippen LogP contribution >= 0.6 is 0 Å². The van der Waals surface area contributed by atoms with E-state index in [0.29, 0.717) is 23.3 Å². The Labute approximate surface area is 309 Å². The molecule has 3 N–H and O–H groups in total. The molecule has 0 spiro atoms. The van der Waals surface area contributed by atoms with Crippen molar-refractivity contribution in [1.82, 2.24) is 15.3 Å². The molecule has 0 bridgehead atoms. The van der Waals surface area contributed by atoms with E-state index >= 15 is 0 Å². The third-order valence-corrected chi connectivity index (χ3v) is 11.7.